The van der Waals surface area contributed by atoms with Gasteiger partial charge in [-0.25, -0.2) is 4.68 Å². The van der Waals surface area contributed by atoms with Crippen LogP contribution >= 0.6 is 0 Å². The summed E-state index contributed by atoms with van der Waals surface area (Å²) in [5.74, 6) is -0.941. The SMILES string of the molecule is CN1C[C@H]2CN(C(=O)c3ccc(Cn4cnnn4)cc3)C[C@@]2(C(=O)O)C1.O=CO. The van der Waals surface area contributed by atoms with E-state index in [9.17, 15) is 14.7 Å². The molecule has 2 aliphatic heterocycles. The van der Waals surface area contributed by atoms with Crippen LogP contribution in [0.4, 0.5) is 0 Å². The zero-order valence-electron chi connectivity index (χ0n) is 15.9. The molecule has 1 amide bonds. The summed E-state index contributed by atoms with van der Waals surface area (Å²) < 4.78 is 1.60. The van der Waals surface area contributed by atoms with Crippen LogP contribution in [-0.4, -0.2) is 91.8 Å². The third kappa shape index (κ3) is 4.09. The molecule has 1 aromatic carbocycles. The number of hydrogen-bond donors (Lipinski definition) is 2. The Bertz CT molecular complexity index is 871. The Morgan fingerprint density at radius 2 is 1.93 bits per heavy atom. The Balaban J connectivity index is 0.000000755. The molecule has 4 rings (SSSR count). The number of benzene rings is 1. The van der Waals surface area contributed by atoms with Crippen LogP contribution in [0.5, 0.6) is 0 Å². The number of tetrazole rings is 1. The van der Waals surface area contributed by atoms with Crippen molar-refractivity contribution in [1.82, 2.24) is 30.0 Å². The predicted molar refractivity (Wildman–Crippen MR) is 99.0 cm³/mol. The second kappa shape index (κ2) is 8.35. The third-order valence-electron chi connectivity index (χ3n) is 5.43. The van der Waals surface area contributed by atoms with Gasteiger partial charge in [0.15, 0.2) is 0 Å². The Morgan fingerprint density at radius 1 is 1.24 bits per heavy atom. The summed E-state index contributed by atoms with van der Waals surface area (Å²) in [5.41, 5.74) is 0.708. The van der Waals surface area contributed by atoms with Gasteiger partial charge in [-0.05, 0) is 35.2 Å². The van der Waals surface area contributed by atoms with E-state index in [2.05, 4.69) is 15.5 Å². The van der Waals surface area contributed by atoms with E-state index >= 15 is 0 Å². The number of carboxylic acids is 1. The van der Waals surface area contributed by atoms with Crippen LogP contribution in [0.25, 0.3) is 0 Å². The largest absolute Gasteiger partial charge is 0.483 e. The summed E-state index contributed by atoms with van der Waals surface area (Å²) in [6, 6.07) is 7.28. The van der Waals surface area contributed by atoms with E-state index in [1.807, 2.05) is 24.1 Å². The maximum absolute atomic E-state index is 12.8. The molecule has 29 heavy (non-hydrogen) atoms. The Kier molecular flexibility index (Phi) is 5.87. The minimum Gasteiger partial charge on any atom is -0.483 e. The maximum atomic E-state index is 12.8. The van der Waals surface area contributed by atoms with Crippen LogP contribution in [0.1, 0.15) is 15.9 Å². The van der Waals surface area contributed by atoms with Crippen LogP contribution in [0.2, 0.25) is 0 Å². The van der Waals surface area contributed by atoms with Crippen molar-refractivity contribution >= 4 is 18.3 Å². The number of aromatic nitrogens is 4. The number of fused-ring (bicyclic) bond motifs is 1. The quantitative estimate of drug-likeness (QED) is 0.648. The summed E-state index contributed by atoms with van der Waals surface area (Å²) in [4.78, 5) is 36.8. The molecule has 2 fully saturated rings. The smallest absolute Gasteiger partial charge is 0.313 e. The molecule has 2 aromatic rings. The van der Waals surface area contributed by atoms with E-state index in [-0.39, 0.29) is 24.8 Å². The first-order valence-corrected chi connectivity index (χ1v) is 8.98. The number of carboxylic acid groups (broad SMARTS) is 2. The Morgan fingerprint density at radius 3 is 2.48 bits per heavy atom. The summed E-state index contributed by atoms with van der Waals surface area (Å²) in [6.45, 7) is 2.23. The van der Waals surface area contributed by atoms with Crippen LogP contribution in [0, 0.1) is 11.3 Å². The minimum atomic E-state index is -0.843. The molecule has 0 unspecified atom stereocenters. The number of amides is 1. The van der Waals surface area contributed by atoms with Crippen LogP contribution in [0.3, 0.4) is 0 Å². The zero-order valence-corrected chi connectivity index (χ0v) is 15.9. The molecular formula is C18H22N6O5. The average Bonchev–Trinajstić information content (AvgIpc) is 3.37. The fourth-order valence-electron chi connectivity index (χ4n) is 4.15. The minimum absolute atomic E-state index is 0.0203. The van der Waals surface area contributed by atoms with Crippen molar-refractivity contribution in [1.29, 1.82) is 0 Å². The molecular weight excluding hydrogens is 380 g/mol. The van der Waals surface area contributed by atoms with E-state index in [0.29, 0.717) is 31.7 Å². The number of hydrogen-bond acceptors (Lipinski definition) is 7. The van der Waals surface area contributed by atoms with E-state index in [1.165, 1.54) is 6.33 Å². The van der Waals surface area contributed by atoms with Gasteiger partial charge in [-0.1, -0.05) is 12.1 Å². The lowest BCUT2D eigenvalue weighted by Gasteiger charge is -2.24. The van der Waals surface area contributed by atoms with Crippen LogP contribution in [-0.2, 0) is 16.1 Å². The highest BCUT2D eigenvalue weighted by Crippen LogP contribution is 2.42. The standard InChI is InChI=1S/C17H20N6O3.CH2O2/c1-21-7-14-8-22(10-17(14,9-21)16(25)26)15(24)13-4-2-12(3-5-13)6-23-11-18-19-20-23;2-1-3/h2-5,11,14H,6-10H2,1H3,(H,25,26);1H,(H,2,3)/t14-,17-;/m0./s1. The van der Waals surface area contributed by atoms with Gasteiger partial charge in [0.05, 0.1) is 6.54 Å². The third-order valence-corrected chi connectivity index (χ3v) is 5.43. The molecule has 2 atom stereocenters. The van der Waals surface area contributed by atoms with Gasteiger partial charge < -0.3 is 20.0 Å². The fourth-order valence-corrected chi connectivity index (χ4v) is 4.15. The summed E-state index contributed by atoms with van der Waals surface area (Å²) in [6.07, 6.45) is 1.53. The average molecular weight is 402 g/mol. The van der Waals surface area contributed by atoms with Gasteiger partial charge in [0.1, 0.15) is 11.7 Å². The number of rotatable bonds is 4. The lowest BCUT2D eigenvalue weighted by atomic mass is 9.81. The normalized spacial score (nSPS) is 23.2. The molecule has 3 heterocycles. The van der Waals surface area contributed by atoms with Gasteiger partial charge in [-0.3, -0.25) is 14.4 Å². The first-order valence-electron chi connectivity index (χ1n) is 8.98. The molecule has 0 saturated carbocycles. The highest BCUT2D eigenvalue weighted by Gasteiger charge is 2.57. The Hall–Kier alpha value is -3.34. The highest BCUT2D eigenvalue weighted by atomic mass is 16.4. The lowest BCUT2D eigenvalue weighted by Crippen LogP contribution is -2.41. The van der Waals surface area contributed by atoms with Crippen molar-refractivity contribution in [2.75, 3.05) is 33.2 Å². The summed E-state index contributed by atoms with van der Waals surface area (Å²) in [5, 5.41) is 27.6. The summed E-state index contributed by atoms with van der Waals surface area (Å²) >= 11 is 0. The molecule has 11 nitrogen and oxygen atoms in total. The second-order valence-electron chi connectivity index (χ2n) is 7.35. The maximum Gasteiger partial charge on any atom is 0.313 e. The van der Waals surface area contributed by atoms with Gasteiger partial charge in [-0.2, -0.15) is 0 Å². The topological polar surface area (TPSA) is 142 Å². The molecule has 2 saturated heterocycles. The van der Waals surface area contributed by atoms with Crippen LogP contribution in [0.15, 0.2) is 30.6 Å². The van der Waals surface area contributed by atoms with Crippen molar-refractivity contribution < 1.29 is 24.6 Å². The zero-order chi connectivity index (χ0) is 21.0. The molecule has 0 spiro atoms. The van der Waals surface area contributed by atoms with Gasteiger partial charge >= 0.3 is 5.97 Å². The van der Waals surface area contributed by atoms with Crippen molar-refractivity contribution in [3.05, 3.63) is 41.7 Å². The monoisotopic (exact) mass is 402 g/mol. The van der Waals surface area contributed by atoms with Crippen molar-refractivity contribution in [3.8, 4) is 0 Å². The van der Waals surface area contributed by atoms with E-state index in [4.69, 9.17) is 9.90 Å². The van der Waals surface area contributed by atoms with Crippen molar-refractivity contribution in [2.24, 2.45) is 11.3 Å². The van der Waals surface area contributed by atoms with Crippen molar-refractivity contribution in [3.63, 3.8) is 0 Å². The van der Waals surface area contributed by atoms with Gasteiger partial charge in [0.2, 0.25) is 0 Å². The molecule has 2 N–H and O–H groups in total. The molecule has 0 aliphatic carbocycles. The number of nitrogens with zero attached hydrogens (tertiary/aromatic N) is 6. The second-order valence-corrected chi connectivity index (χ2v) is 7.35. The Labute approximate surface area is 166 Å². The number of carbonyl (C=O) groups is 3. The van der Waals surface area contributed by atoms with E-state index in [1.54, 1.807) is 21.7 Å². The van der Waals surface area contributed by atoms with Crippen molar-refractivity contribution in [2.45, 2.75) is 6.54 Å². The van der Waals surface area contributed by atoms with Gasteiger partial charge in [0, 0.05) is 37.7 Å². The van der Waals surface area contributed by atoms with Gasteiger partial charge in [-0.15, -0.1) is 5.10 Å². The molecule has 11 heteroatoms. The van der Waals surface area contributed by atoms with E-state index < -0.39 is 11.4 Å². The molecule has 2 aliphatic rings. The molecule has 0 bridgehead atoms. The molecule has 0 radical (unpaired) electrons. The van der Waals surface area contributed by atoms with Crippen LogP contribution < -0.4 is 0 Å². The first kappa shape index (κ1) is 20.4. The highest BCUT2D eigenvalue weighted by molar-refractivity contribution is 5.95. The first-order chi connectivity index (χ1) is 13.9. The molecule has 1 aromatic heterocycles. The fraction of sp³-hybridized carbons (Fsp3) is 0.444. The molecule has 154 valence electrons. The predicted octanol–water partition coefficient (Wildman–Crippen LogP) is -0.489. The number of carbonyl (C=O) groups excluding carboxylic acids is 1. The summed E-state index contributed by atoms with van der Waals surface area (Å²) in [7, 11) is 1.93. The van der Waals surface area contributed by atoms with E-state index in [0.717, 1.165) is 5.56 Å². The lowest BCUT2D eigenvalue weighted by molar-refractivity contribution is -0.148. The number of likely N-dealkylation sites (tertiary alicyclic amines) is 2. The van der Waals surface area contributed by atoms with Gasteiger partial charge in [0.25, 0.3) is 12.4 Å². The number of aliphatic carboxylic acids is 1.